The number of carbonyl (C=O) groups is 1. The van der Waals surface area contributed by atoms with E-state index in [2.05, 4.69) is 21.2 Å². The Balaban J connectivity index is 1.70. The Morgan fingerprint density at radius 3 is 2.84 bits per heavy atom. The van der Waals surface area contributed by atoms with E-state index in [4.69, 9.17) is 9.15 Å². The zero-order valence-electron chi connectivity index (χ0n) is 11.0. The normalized spacial score (nSPS) is 16.8. The molecule has 1 amide bonds. The summed E-state index contributed by atoms with van der Waals surface area (Å²) in [5.41, 5.74) is 0. The largest absolute Gasteiger partial charge is 0.453 e. The van der Waals surface area contributed by atoms with Gasteiger partial charge in [0, 0.05) is 26.2 Å². The van der Waals surface area contributed by atoms with Crippen LogP contribution in [0.3, 0.4) is 0 Å². The SMILES string of the molecule is COCC(=O)N1CCC(NCc2ccc(Br)o2)CC1. The van der Waals surface area contributed by atoms with Gasteiger partial charge < -0.3 is 19.4 Å². The summed E-state index contributed by atoms with van der Waals surface area (Å²) in [4.78, 5) is 13.5. The van der Waals surface area contributed by atoms with Crippen molar-refractivity contribution in [2.45, 2.75) is 25.4 Å². The van der Waals surface area contributed by atoms with Crippen LogP contribution in [-0.4, -0.2) is 43.7 Å². The van der Waals surface area contributed by atoms with Crippen molar-refractivity contribution >= 4 is 21.8 Å². The first kappa shape index (κ1) is 14.6. The van der Waals surface area contributed by atoms with Gasteiger partial charge in [-0.2, -0.15) is 0 Å². The van der Waals surface area contributed by atoms with Gasteiger partial charge in [-0.25, -0.2) is 0 Å². The predicted octanol–water partition coefficient (Wildman–Crippen LogP) is 1.77. The molecule has 106 valence electrons. The number of carbonyl (C=O) groups excluding carboxylic acids is 1. The molecule has 1 fully saturated rings. The van der Waals surface area contributed by atoms with Crippen LogP contribution in [0.4, 0.5) is 0 Å². The topological polar surface area (TPSA) is 54.7 Å². The molecule has 0 atom stereocenters. The van der Waals surface area contributed by atoms with E-state index in [-0.39, 0.29) is 12.5 Å². The Hall–Kier alpha value is -0.850. The van der Waals surface area contributed by atoms with Gasteiger partial charge >= 0.3 is 0 Å². The van der Waals surface area contributed by atoms with Gasteiger partial charge in [0.15, 0.2) is 4.67 Å². The Morgan fingerprint density at radius 2 is 2.26 bits per heavy atom. The minimum absolute atomic E-state index is 0.0796. The number of nitrogens with one attached hydrogen (secondary N) is 1. The Kier molecular flexibility index (Phi) is 5.42. The van der Waals surface area contributed by atoms with Gasteiger partial charge in [0.1, 0.15) is 12.4 Å². The lowest BCUT2D eigenvalue weighted by molar-refractivity contribution is -0.136. The smallest absolute Gasteiger partial charge is 0.248 e. The second kappa shape index (κ2) is 7.07. The number of likely N-dealkylation sites (tertiary alicyclic amines) is 1. The molecule has 0 bridgehead atoms. The third-order valence-electron chi connectivity index (χ3n) is 3.31. The molecule has 0 saturated carbocycles. The molecule has 0 aliphatic carbocycles. The highest BCUT2D eigenvalue weighted by atomic mass is 79.9. The second-order valence-corrected chi connectivity index (χ2v) is 5.46. The van der Waals surface area contributed by atoms with E-state index in [1.807, 2.05) is 17.0 Å². The summed E-state index contributed by atoms with van der Waals surface area (Å²) in [6.45, 7) is 2.49. The van der Waals surface area contributed by atoms with E-state index in [9.17, 15) is 4.79 Å². The van der Waals surface area contributed by atoms with Gasteiger partial charge in [0.2, 0.25) is 5.91 Å². The summed E-state index contributed by atoms with van der Waals surface area (Å²) in [5.74, 6) is 1.00. The summed E-state index contributed by atoms with van der Waals surface area (Å²) in [7, 11) is 1.55. The number of amides is 1. The number of ether oxygens (including phenoxy) is 1. The second-order valence-electron chi connectivity index (χ2n) is 4.67. The highest BCUT2D eigenvalue weighted by Gasteiger charge is 2.22. The minimum Gasteiger partial charge on any atom is -0.453 e. The van der Waals surface area contributed by atoms with Crippen LogP contribution in [0.25, 0.3) is 0 Å². The van der Waals surface area contributed by atoms with Crippen LogP contribution in [0.2, 0.25) is 0 Å². The number of rotatable bonds is 5. The van der Waals surface area contributed by atoms with E-state index < -0.39 is 0 Å². The molecule has 6 heteroatoms. The lowest BCUT2D eigenvalue weighted by Gasteiger charge is -2.32. The van der Waals surface area contributed by atoms with Crippen molar-refractivity contribution < 1.29 is 13.9 Å². The summed E-state index contributed by atoms with van der Waals surface area (Å²) in [6, 6.07) is 4.28. The number of nitrogens with zero attached hydrogens (tertiary/aromatic N) is 1. The molecule has 0 radical (unpaired) electrons. The fourth-order valence-corrected chi connectivity index (χ4v) is 2.58. The van der Waals surface area contributed by atoms with Crippen LogP contribution >= 0.6 is 15.9 Å². The lowest BCUT2D eigenvalue weighted by atomic mass is 10.0. The molecule has 0 unspecified atom stereocenters. The summed E-state index contributed by atoms with van der Waals surface area (Å²) in [5, 5.41) is 3.46. The van der Waals surface area contributed by atoms with Crippen molar-refractivity contribution in [3.8, 4) is 0 Å². The molecule has 1 aliphatic rings. The first-order valence-electron chi connectivity index (χ1n) is 6.43. The predicted molar refractivity (Wildman–Crippen MR) is 74.7 cm³/mol. The molecule has 5 nitrogen and oxygen atoms in total. The third kappa shape index (κ3) is 4.33. The molecular weight excluding hydrogens is 312 g/mol. The quantitative estimate of drug-likeness (QED) is 0.893. The molecule has 0 spiro atoms. The van der Waals surface area contributed by atoms with Crippen molar-refractivity contribution in [1.29, 1.82) is 0 Å². The average Bonchev–Trinajstić information content (AvgIpc) is 2.83. The van der Waals surface area contributed by atoms with Gasteiger partial charge in [-0.1, -0.05) is 0 Å². The van der Waals surface area contributed by atoms with E-state index >= 15 is 0 Å². The number of furan rings is 1. The van der Waals surface area contributed by atoms with E-state index in [0.29, 0.717) is 6.04 Å². The van der Waals surface area contributed by atoms with Crippen molar-refractivity contribution in [3.63, 3.8) is 0 Å². The van der Waals surface area contributed by atoms with Crippen molar-refractivity contribution in [2.75, 3.05) is 26.8 Å². The number of hydrogen-bond donors (Lipinski definition) is 1. The standard InChI is InChI=1S/C13H19BrN2O3/c1-18-9-13(17)16-6-4-10(5-7-16)15-8-11-2-3-12(14)19-11/h2-3,10,15H,4-9H2,1H3. The number of methoxy groups -OCH3 is 1. The summed E-state index contributed by atoms with van der Waals surface area (Å²) >= 11 is 3.29. The van der Waals surface area contributed by atoms with Crippen molar-refractivity contribution in [1.82, 2.24) is 10.2 Å². The fourth-order valence-electron chi connectivity index (χ4n) is 2.24. The molecule has 1 N–H and O–H groups in total. The summed E-state index contributed by atoms with van der Waals surface area (Å²) in [6.07, 6.45) is 1.94. The number of halogens is 1. The van der Waals surface area contributed by atoms with Crippen molar-refractivity contribution in [2.24, 2.45) is 0 Å². The minimum atomic E-state index is 0.0796. The Labute approximate surface area is 121 Å². The molecule has 19 heavy (non-hydrogen) atoms. The molecule has 1 aliphatic heterocycles. The van der Waals surface area contributed by atoms with E-state index in [1.54, 1.807) is 7.11 Å². The maximum atomic E-state index is 11.6. The van der Waals surface area contributed by atoms with E-state index in [1.165, 1.54) is 0 Å². The molecule has 1 aromatic heterocycles. The van der Waals surface area contributed by atoms with Crippen LogP contribution in [0.5, 0.6) is 0 Å². The highest BCUT2D eigenvalue weighted by Crippen LogP contribution is 2.15. The highest BCUT2D eigenvalue weighted by molar-refractivity contribution is 9.10. The molecule has 1 aromatic rings. The van der Waals surface area contributed by atoms with Gasteiger partial charge in [0.25, 0.3) is 0 Å². The van der Waals surface area contributed by atoms with Gasteiger partial charge in [-0.15, -0.1) is 0 Å². The maximum absolute atomic E-state index is 11.6. The molecule has 1 saturated heterocycles. The van der Waals surface area contributed by atoms with Crippen LogP contribution in [0.1, 0.15) is 18.6 Å². The third-order valence-corrected chi connectivity index (χ3v) is 3.74. The van der Waals surface area contributed by atoms with Crippen molar-refractivity contribution in [3.05, 3.63) is 22.6 Å². The average molecular weight is 331 g/mol. The van der Waals surface area contributed by atoms with Gasteiger partial charge in [0.05, 0.1) is 6.54 Å². The Bertz CT molecular complexity index is 414. The maximum Gasteiger partial charge on any atom is 0.248 e. The fraction of sp³-hybridized carbons (Fsp3) is 0.615. The van der Waals surface area contributed by atoms with E-state index in [0.717, 1.165) is 42.9 Å². The first-order valence-corrected chi connectivity index (χ1v) is 7.22. The molecule has 2 rings (SSSR count). The number of piperidine rings is 1. The molecule has 0 aromatic carbocycles. The number of hydrogen-bond acceptors (Lipinski definition) is 4. The zero-order valence-corrected chi connectivity index (χ0v) is 12.6. The van der Waals surface area contributed by atoms with Crippen LogP contribution < -0.4 is 5.32 Å². The monoisotopic (exact) mass is 330 g/mol. The lowest BCUT2D eigenvalue weighted by Crippen LogP contribution is -2.45. The van der Waals surface area contributed by atoms with Crippen LogP contribution in [0, 0.1) is 0 Å². The van der Waals surface area contributed by atoms with Crippen LogP contribution in [0.15, 0.2) is 21.2 Å². The van der Waals surface area contributed by atoms with Gasteiger partial charge in [-0.05, 0) is 40.9 Å². The molecule has 2 heterocycles. The molecular formula is C13H19BrN2O3. The Morgan fingerprint density at radius 1 is 1.53 bits per heavy atom. The van der Waals surface area contributed by atoms with Crippen LogP contribution in [-0.2, 0) is 16.1 Å². The first-order chi connectivity index (χ1) is 9.19. The van der Waals surface area contributed by atoms with Gasteiger partial charge in [-0.3, -0.25) is 4.79 Å². The summed E-state index contributed by atoms with van der Waals surface area (Å²) < 4.78 is 11.1. The zero-order chi connectivity index (χ0) is 13.7.